The zero-order chi connectivity index (χ0) is 34.2. The quantitative estimate of drug-likeness (QED) is 0.188. The van der Waals surface area contributed by atoms with E-state index in [0.29, 0.717) is 5.95 Å². The van der Waals surface area contributed by atoms with Gasteiger partial charge in [0.2, 0.25) is 5.95 Å². The molecule has 0 aliphatic heterocycles. The smallest absolute Gasteiger partial charge is 0.235 e. The van der Waals surface area contributed by atoms with Crippen molar-refractivity contribution in [2.75, 3.05) is 0 Å². The first kappa shape index (κ1) is 28.8. The van der Waals surface area contributed by atoms with Gasteiger partial charge in [-0.1, -0.05) is 127 Å². The second kappa shape index (κ2) is 11.2. The van der Waals surface area contributed by atoms with E-state index in [-0.39, 0.29) is 0 Å². The van der Waals surface area contributed by atoms with Crippen LogP contribution in [0.15, 0.2) is 182 Å². The van der Waals surface area contributed by atoms with Crippen molar-refractivity contribution in [3.8, 4) is 34.0 Å². The Balaban J connectivity index is 1.14. The first-order valence-electron chi connectivity index (χ1n) is 17.7. The molecular formula is C48H30N4. The first-order chi connectivity index (χ1) is 25.8. The lowest BCUT2D eigenvalue weighted by molar-refractivity contribution is 1.01. The molecule has 0 amide bonds. The average molecular weight is 663 g/mol. The van der Waals surface area contributed by atoms with Crippen molar-refractivity contribution < 1.29 is 0 Å². The largest absolute Gasteiger partial charge is 0.309 e. The van der Waals surface area contributed by atoms with E-state index in [2.05, 4.69) is 179 Å². The number of rotatable bonds is 4. The van der Waals surface area contributed by atoms with Crippen LogP contribution >= 0.6 is 0 Å². The topological polar surface area (TPSA) is 35.6 Å². The summed E-state index contributed by atoms with van der Waals surface area (Å²) in [5, 5.41) is 8.41. The molecule has 52 heavy (non-hydrogen) atoms. The maximum Gasteiger partial charge on any atom is 0.235 e. The maximum absolute atomic E-state index is 5.26. The zero-order valence-electron chi connectivity index (χ0n) is 28.1. The van der Waals surface area contributed by atoms with Crippen molar-refractivity contribution >= 4 is 65.3 Å². The Bertz CT molecular complexity index is 3170. The summed E-state index contributed by atoms with van der Waals surface area (Å²) in [5.74, 6) is 0.665. The molecule has 3 heterocycles. The van der Waals surface area contributed by atoms with Gasteiger partial charge in [0.15, 0.2) is 0 Å². The molecule has 0 aliphatic rings. The Kier molecular flexibility index (Phi) is 6.22. The van der Waals surface area contributed by atoms with Crippen LogP contribution in [-0.4, -0.2) is 19.1 Å². The molecule has 0 unspecified atom stereocenters. The SMILES string of the molecule is c1ccc(-c2nc(-n3c4ccccc4c4cc(-c5ccc6c(c5)c5c7ccccc7ccc5n6-c5ccccc5)ccc43)nc3ccccc23)cc1. The highest BCUT2D eigenvalue weighted by molar-refractivity contribution is 6.22. The van der Waals surface area contributed by atoms with Gasteiger partial charge >= 0.3 is 0 Å². The van der Waals surface area contributed by atoms with Crippen LogP contribution in [0.4, 0.5) is 0 Å². The first-order valence-corrected chi connectivity index (χ1v) is 17.7. The van der Waals surface area contributed by atoms with E-state index in [1.54, 1.807) is 0 Å². The van der Waals surface area contributed by atoms with Crippen LogP contribution in [0.1, 0.15) is 0 Å². The van der Waals surface area contributed by atoms with E-state index in [4.69, 9.17) is 9.97 Å². The normalized spacial score (nSPS) is 11.8. The van der Waals surface area contributed by atoms with E-state index < -0.39 is 0 Å². The van der Waals surface area contributed by atoms with E-state index in [9.17, 15) is 0 Å². The second-order valence-corrected chi connectivity index (χ2v) is 13.4. The predicted molar refractivity (Wildman–Crippen MR) is 217 cm³/mol. The summed E-state index contributed by atoms with van der Waals surface area (Å²) in [6.07, 6.45) is 0. The van der Waals surface area contributed by atoms with Crippen molar-refractivity contribution in [1.29, 1.82) is 0 Å². The summed E-state index contributed by atoms with van der Waals surface area (Å²) in [5.41, 5.74) is 11.0. The van der Waals surface area contributed by atoms with E-state index in [0.717, 1.165) is 38.9 Å². The number of benzene rings is 8. The molecule has 0 atom stereocenters. The van der Waals surface area contributed by atoms with Crippen molar-refractivity contribution in [2.45, 2.75) is 0 Å². The molecule has 0 saturated carbocycles. The molecule has 0 bridgehead atoms. The molecule has 3 aromatic heterocycles. The lowest BCUT2D eigenvalue weighted by Crippen LogP contribution is -2.03. The van der Waals surface area contributed by atoms with E-state index >= 15 is 0 Å². The third-order valence-electron chi connectivity index (χ3n) is 10.5. The van der Waals surface area contributed by atoms with Gasteiger partial charge < -0.3 is 4.57 Å². The highest BCUT2D eigenvalue weighted by Gasteiger charge is 2.19. The Morgan fingerprint density at radius 1 is 0.346 bits per heavy atom. The third kappa shape index (κ3) is 4.28. The van der Waals surface area contributed by atoms with Crippen LogP contribution in [0.3, 0.4) is 0 Å². The monoisotopic (exact) mass is 662 g/mol. The van der Waals surface area contributed by atoms with Crippen molar-refractivity contribution in [1.82, 2.24) is 19.1 Å². The molecule has 0 radical (unpaired) electrons. The molecule has 0 aliphatic carbocycles. The number of hydrogen-bond acceptors (Lipinski definition) is 2. The molecular weight excluding hydrogens is 633 g/mol. The van der Waals surface area contributed by atoms with Gasteiger partial charge in [-0.25, -0.2) is 9.97 Å². The summed E-state index contributed by atoms with van der Waals surface area (Å²) in [6.45, 7) is 0. The van der Waals surface area contributed by atoms with Crippen LogP contribution in [0.2, 0.25) is 0 Å². The van der Waals surface area contributed by atoms with Crippen LogP contribution < -0.4 is 0 Å². The van der Waals surface area contributed by atoms with Crippen molar-refractivity contribution in [2.24, 2.45) is 0 Å². The van der Waals surface area contributed by atoms with Crippen LogP contribution in [0.5, 0.6) is 0 Å². The standard InChI is InChI=1S/C48H30N4/c1-3-14-32(15-4-1)47-38-20-9-11-21-41(38)49-48(50-47)52-42-22-12-10-19-37(42)39-29-33(24-26-43(39)52)34-25-27-44-40(30-34)46-36-18-8-7-13-31(36)23-28-45(46)51(44)35-16-5-2-6-17-35/h1-30H. The Labute approximate surface area is 299 Å². The van der Waals surface area contributed by atoms with Gasteiger partial charge in [0.05, 0.1) is 33.3 Å². The summed E-state index contributed by atoms with van der Waals surface area (Å²) in [4.78, 5) is 10.4. The van der Waals surface area contributed by atoms with Crippen molar-refractivity contribution in [3.63, 3.8) is 0 Å². The number of hydrogen-bond donors (Lipinski definition) is 0. The van der Waals surface area contributed by atoms with Crippen molar-refractivity contribution in [3.05, 3.63) is 182 Å². The van der Waals surface area contributed by atoms with Crippen LogP contribution in [-0.2, 0) is 0 Å². The van der Waals surface area contributed by atoms with Gasteiger partial charge in [0.25, 0.3) is 0 Å². The molecule has 0 spiro atoms. The average Bonchev–Trinajstić information content (AvgIpc) is 3.73. The fraction of sp³-hybridized carbons (Fsp3) is 0. The summed E-state index contributed by atoms with van der Waals surface area (Å²) >= 11 is 0. The Morgan fingerprint density at radius 3 is 1.75 bits per heavy atom. The highest BCUT2D eigenvalue weighted by Crippen LogP contribution is 2.40. The molecule has 8 aromatic carbocycles. The maximum atomic E-state index is 5.26. The number of nitrogens with zero attached hydrogens (tertiary/aromatic N) is 4. The molecule has 242 valence electrons. The molecule has 4 heteroatoms. The Hall–Kier alpha value is -7.04. The molecule has 0 saturated heterocycles. The molecule has 0 fully saturated rings. The van der Waals surface area contributed by atoms with E-state index in [1.165, 1.54) is 54.5 Å². The summed E-state index contributed by atoms with van der Waals surface area (Å²) in [7, 11) is 0. The predicted octanol–water partition coefficient (Wildman–Crippen LogP) is 12.3. The minimum Gasteiger partial charge on any atom is -0.309 e. The van der Waals surface area contributed by atoms with Gasteiger partial charge in [-0.05, 0) is 76.5 Å². The summed E-state index contributed by atoms with van der Waals surface area (Å²) < 4.78 is 4.61. The van der Waals surface area contributed by atoms with Gasteiger partial charge in [0.1, 0.15) is 0 Å². The van der Waals surface area contributed by atoms with Gasteiger partial charge in [0, 0.05) is 38.2 Å². The minimum atomic E-state index is 0.665. The van der Waals surface area contributed by atoms with Gasteiger partial charge in [-0.2, -0.15) is 0 Å². The minimum absolute atomic E-state index is 0.665. The van der Waals surface area contributed by atoms with Crippen LogP contribution in [0, 0.1) is 0 Å². The fourth-order valence-electron chi connectivity index (χ4n) is 8.17. The van der Waals surface area contributed by atoms with Crippen LogP contribution in [0.25, 0.3) is 99.3 Å². The lowest BCUT2D eigenvalue weighted by atomic mass is 9.99. The summed E-state index contributed by atoms with van der Waals surface area (Å²) in [6, 6.07) is 64.9. The molecule has 11 aromatic rings. The zero-order valence-corrected chi connectivity index (χ0v) is 28.1. The van der Waals surface area contributed by atoms with E-state index in [1.807, 2.05) is 12.1 Å². The molecule has 0 N–H and O–H groups in total. The molecule has 11 rings (SSSR count). The number of aromatic nitrogens is 4. The lowest BCUT2D eigenvalue weighted by Gasteiger charge is -2.12. The molecule has 4 nitrogen and oxygen atoms in total. The number of fused-ring (bicyclic) bond motifs is 9. The second-order valence-electron chi connectivity index (χ2n) is 13.4. The van der Waals surface area contributed by atoms with Gasteiger partial charge in [-0.15, -0.1) is 0 Å². The highest BCUT2D eigenvalue weighted by atomic mass is 15.2. The Morgan fingerprint density at radius 2 is 0.942 bits per heavy atom. The third-order valence-corrected chi connectivity index (χ3v) is 10.5. The number of para-hydroxylation sites is 3. The fourth-order valence-corrected chi connectivity index (χ4v) is 8.17. The van der Waals surface area contributed by atoms with Gasteiger partial charge in [-0.3, -0.25) is 4.57 Å².